The lowest BCUT2D eigenvalue weighted by molar-refractivity contribution is -0.0671. The molecule has 2 unspecified atom stereocenters. The van der Waals surface area contributed by atoms with Crippen LogP contribution in [0.25, 0.3) is 22.3 Å². The summed E-state index contributed by atoms with van der Waals surface area (Å²) in [5, 5.41) is 11.1. The van der Waals surface area contributed by atoms with Crippen molar-refractivity contribution in [2.75, 3.05) is 24.7 Å². The van der Waals surface area contributed by atoms with Crippen LogP contribution in [0, 0.1) is 0 Å². The summed E-state index contributed by atoms with van der Waals surface area (Å²) in [6.07, 6.45) is -10.5. The summed E-state index contributed by atoms with van der Waals surface area (Å²) in [4.78, 5) is 55.5. The number of alkyl halides is 1. The second kappa shape index (κ2) is 10.8. The number of nitrogens with two attached hydrogens (primary N) is 2. The summed E-state index contributed by atoms with van der Waals surface area (Å²) < 4.78 is 76.1. The zero-order valence-electron chi connectivity index (χ0n) is 22.3. The van der Waals surface area contributed by atoms with Gasteiger partial charge in [0, 0.05) is 0 Å². The molecule has 7 rings (SSSR count). The lowest BCUT2D eigenvalue weighted by Gasteiger charge is -2.25. The minimum atomic E-state index is -5.19. The van der Waals surface area contributed by atoms with Gasteiger partial charge in [0.25, 0.3) is 5.56 Å². The van der Waals surface area contributed by atoms with Gasteiger partial charge in [-0.3, -0.25) is 37.0 Å². The Morgan fingerprint density at radius 2 is 1.51 bits per heavy atom. The molecule has 3 fully saturated rings. The Balaban J connectivity index is 1.21. The molecule has 22 nitrogen and oxygen atoms in total. The molecular formula is C20H23FN10O12P2. The van der Waals surface area contributed by atoms with Crippen LogP contribution in [-0.2, 0) is 36.7 Å². The van der Waals surface area contributed by atoms with Crippen LogP contribution in [0.2, 0.25) is 0 Å². The van der Waals surface area contributed by atoms with Crippen LogP contribution in [0.15, 0.2) is 23.8 Å². The van der Waals surface area contributed by atoms with Gasteiger partial charge >= 0.3 is 15.6 Å². The number of phosphoric acid groups is 2. The van der Waals surface area contributed by atoms with E-state index >= 15 is 4.39 Å². The van der Waals surface area contributed by atoms with E-state index in [9.17, 15) is 28.8 Å². The molecule has 242 valence electrons. The first-order valence-electron chi connectivity index (χ1n) is 12.9. The number of aliphatic hydroxyl groups excluding tert-OH is 1. The standard InChI is InChI=1S/C20H23FN10O12P2/c21-8-6-1-38-44(34,35)42-12-7(41-18(11(12)32)30-4-26-9-14(22)24-3-25-15(9)30)2-39-45(36,37)43-13(8)19(40-6)31-5-27-10-16(31)28-20(23)29-17(10)33/h3-8,11-13,18-19,32H,1-2H2,(H,34,35)(H,36,37)(H2,22,24,25)(H3,23,28,29,33)/t6-,7-,8+,11-,12-,13-,18-,19-/m1/s1. The molecule has 0 saturated carbocycles. The van der Waals surface area contributed by atoms with Crippen molar-refractivity contribution in [3.8, 4) is 0 Å². The van der Waals surface area contributed by atoms with Crippen molar-refractivity contribution in [2.24, 2.45) is 0 Å². The Hall–Kier alpha value is -3.47. The number of anilines is 2. The third-order valence-corrected chi connectivity index (χ3v) is 9.24. The Bertz CT molecular complexity index is 1940. The molecule has 3 saturated heterocycles. The van der Waals surface area contributed by atoms with E-state index in [2.05, 4.69) is 29.9 Å². The van der Waals surface area contributed by atoms with Crippen LogP contribution in [0.4, 0.5) is 16.2 Å². The number of aromatic amines is 1. The normalized spacial score (nSPS) is 37.7. The Kier molecular flexibility index (Phi) is 7.26. The highest BCUT2D eigenvalue weighted by atomic mass is 31.2. The maximum Gasteiger partial charge on any atom is 0.472 e. The molecule has 25 heteroatoms. The Morgan fingerprint density at radius 3 is 2.24 bits per heavy atom. The third-order valence-electron chi connectivity index (χ3n) is 7.27. The molecule has 4 aromatic heterocycles. The topological polar surface area (TPSA) is 309 Å². The number of halogens is 1. The van der Waals surface area contributed by atoms with E-state index in [4.69, 9.17) is 39.0 Å². The number of fused-ring (bicyclic) bond motifs is 5. The highest BCUT2D eigenvalue weighted by Crippen LogP contribution is 2.54. The van der Waals surface area contributed by atoms with Gasteiger partial charge in [-0.1, -0.05) is 0 Å². The van der Waals surface area contributed by atoms with E-state index in [1.165, 1.54) is 10.9 Å². The summed E-state index contributed by atoms with van der Waals surface area (Å²) in [6, 6.07) is 0. The molecule has 3 aliphatic heterocycles. The first-order valence-corrected chi connectivity index (χ1v) is 15.9. The van der Waals surface area contributed by atoms with Crippen molar-refractivity contribution >= 4 is 49.7 Å². The molecule has 0 aromatic carbocycles. The molecule has 3 aliphatic rings. The summed E-state index contributed by atoms with van der Waals surface area (Å²) >= 11 is 0. The van der Waals surface area contributed by atoms with Crippen LogP contribution in [0.5, 0.6) is 0 Å². The number of imidazole rings is 2. The number of nitrogen functional groups attached to an aromatic ring is 2. The monoisotopic (exact) mass is 676 g/mol. The Morgan fingerprint density at radius 1 is 0.889 bits per heavy atom. The molecule has 0 amide bonds. The second-order valence-electron chi connectivity index (χ2n) is 10.1. The molecule has 0 aliphatic carbocycles. The largest absolute Gasteiger partial charge is 0.472 e. The predicted octanol–water partition coefficient (Wildman–Crippen LogP) is -1.36. The van der Waals surface area contributed by atoms with Crippen LogP contribution < -0.4 is 17.0 Å². The fraction of sp³-hybridized carbons (Fsp3) is 0.500. The van der Waals surface area contributed by atoms with Gasteiger partial charge in [-0.05, 0) is 0 Å². The van der Waals surface area contributed by atoms with Gasteiger partial charge in [-0.2, -0.15) is 4.98 Å². The van der Waals surface area contributed by atoms with E-state index in [0.717, 1.165) is 17.2 Å². The molecule has 45 heavy (non-hydrogen) atoms. The van der Waals surface area contributed by atoms with E-state index in [1.54, 1.807) is 0 Å². The molecule has 0 radical (unpaired) electrons. The number of H-pyrrole nitrogens is 1. The molecule has 2 bridgehead atoms. The molecule has 4 aromatic rings. The minimum absolute atomic E-state index is 0.0241. The first-order chi connectivity index (χ1) is 21.3. The van der Waals surface area contributed by atoms with E-state index < -0.39 is 83.6 Å². The smallest absolute Gasteiger partial charge is 0.386 e. The summed E-state index contributed by atoms with van der Waals surface area (Å²) in [7, 11) is -10.3. The van der Waals surface area contributed by atoms with Crippen molar-refractivity contribution in [1.29, 1.82) is 0 Å². The van der Waals surface area contributed by atoms with Gasteiger partial charge < -0.3 is 35.8 Å². The quantitative estimate of drug-likeness (QED) is 0.133. The number of aromatic nitrogens is 8. The number of hydrogen-bond acceptors (Lipinski definition) is 17. The lowest BCUT2D eigenvalue weighted by Crippen LogP contribution is -2.36. The number of rotatable bonds is 2. The molecule has 0 spiro atoms. The fourth-order valence-electron chi connectivity index (χ4n) is 5.27. The zero-order valence-corrected chi connectivity index (χ0v) is 24.1. The number of nitrogens with one attached hydrogen (secondary N) is 1. The molecule has 10 atom stereocenters. The number of nitrogens with zero attached hydrogens (tertiary/aromatic N) is 7. The lowest BCUT2D eigenvalue weighted by atomic mass is 10.1. The minimum Gasteiger partial charge on any atom is -0.386 e. The van der Waals surface area contributed by atoms with Crippen molar-refractivity contribution in [2.45, 2.75) is 49.1 Å². The summed E-state index contributed by atoms with van der Waals surface area (Å²) in [6.45, 7) is -1.82. The van der Waals surface area contributed by atoms with Gasteiger partial charge in [0.05, 0.1) is 25.9 Å². The predicted molar refractivity (Wildman–Crippen MR) is 142 cm³/mol. The number of ether oxygens (including phenoxy) is 2. The fourth-order valence-corrected chi connectivity index (χ4v) is 7.16. The summed E-state index contributed by atoms with van der Waals surface area (Å²) in [5.41, 5.74) is 10.6. The van der Waals surface area contributed by atoms with Gasteiger partial charge in [-0.15, -0.1) is 0 Å². The maximum absolute atomic E-state index is 15.7. The summed E-state index contributed by atoms with van der Waals surface area (Å²) in [5.74, 6) is -0.291. The van der Waals surface area contributed by atoms with E-state index in [1.807, 2.05) is 0 Å². The molecular weight excluding hydrogens is 653 g/mol. The van der Waals surface area contributed by atoms with Crippen molar-refractivity contribution in [3.63, 3.8) is 0 Å². The molecule has 8 N–H and O–H groups in total. The van der Waals surface area contributed by atoms with Gasteiger partial charge in [0.15, 0.2) is 41.3 Å². The number of phosphoric ester groups is 2. The zero-order chi connectivity index (χ0) is 31.8. The van der Waals surface area contributed by atoms with Gasteiger partial charge in [0.1, 0.15) is 42.4 Å². The third kappa shape index (κ3) is 5.30. The van der Waals surface area contributed by atoms with Crippen LogP contribution in [0.1, 0.15) is 12.5 Å². The maximum atomic E-state index is 15.7. The first kappa shape index (κ1) is 30.2. The van der Waals surface area contributed by atoms with Crippen LogP contribution >= 0.6 is 15.6 Å². The SMILES string of the molecule is Nc1nc2c(ncn2[C@@H]2O[C@@H]3COP(=O)(O)O[C@H]4[C@@H](O)[C@H](n5cnc6c(N)ncnc65)O[C@@H]4COP(=O)(O)O[C@@H]2[C@H]3F)c(=O)[nH]1. The highest BCUT2D eigenvalue weighted by Gasteiger charge is 2.54. The highest BCUT2D eigenvalue weighted by molar-refractivity contribution is 7.47. The van der Waals surface area contributed by atoms with Crippen LogP contribution in [0.3, 0.4) is 0 Å². The van der Waals surface area contributed by atoms with Crippen molar-refractivity contribution in [1.82, 2.24) is 39.0 Å². The average molecular weight is 676 g/mol. The van der Waals surface area contributed by atoms with E-state index in [-0.39, 0.29) is 34.1 Å². The second-order valence-corrected chi connectivity index (χ2v) is 12.9. The van der Waals surface area contributed by atoms with Gasteiger partial charge in [0.2, 0.25) is 5.95 Å². The van der Waals surface area contributed by atoms with E-state index in [0.29, 0.717) is 0 Å². The van der Waals surface area contributed by atoms with Gasteiger partial charge in [-0.25, -0.2) is 33.5 Å². The van der Waals surface area contributed by atoms with Crippen molar-refractivity contribution < 1.29 is 56.0 Å². The van der Waals surface area contributed by atoms with Crippen LogP contribution in [-0.4, -0.2) is 104 Å². The molecule has 7 heterocycles. The number of hydrogen-bond donors (Lipinski definition) is 6. The van der Waals surface area contributed by atoms with Crippen molar-refractivity contribution in [3.05, 3.63) is 29.3 Å². The number of aliphatic hydroxyl groups is 1. The Labute approximate surface area is 248 Å². The average Bonchev–Trinajstić information content (AvgIpc) is 3.72.